The summed E-state index contributed by atoms with van der Waals surface area (Å²) in [4.78, 5) is 21.0. The fourth-order valence-electron chi connectivity index (χ4n) is 4.12. The number of thiophene rings is 1. The molecule has 0 N–H and O–H groups in total. The fourth-order valence-corrected chi connectivity index (χ4v) is 6.55. The third-order valence-electron chi connectivity index (χ3n) is 5.86. The summed E-state index contributed by atoms with van der Waals surface area (Å²) in [6, 6.07) is 7.73. The van der Waals surface area contributed by atoms with Crippen LogP contribution in [0.2, 0.25) is 0 Å². The highest BCUT2D eigenvalue weighted by molar-refractivity contribution is 7.99. The summed E-state index contributed by atoms with van der Waals surface area (Å²) in [5.74, 6) is 2.45. The first-order valence-electron chi connectivity index (χ1n) is 11.0. The summed E-state index contributed by atoms with van der Waals surface area (Å²) in [5.41, 5.74) is 2.18. The molecule has 1 aromatic carbocycles. The molecule has 0 fully saturated rings. The average molecular weight is 443 g/mol. The van der Waals surface area contributed by atoms with Gasteiger partial charge in [0.2, 0.25) is 0 Å². The van der Waals surface area contributed by atoms with Crippen LogP contribution in [0.15, 0.2) is 34.2 Å². The van der Waals surface area contributed by atoms with E-state index in [0.29, 0.717) is 5.92 Å². The van der Waals surface area contributed by atoms with Gasteiger partial charge in [0.25, 0.3) is 5.56 Å². The predicted molar refractivity (Wildman–Crippen MR) is 128 cm³/mol. The first kappa shape index (κ1) is 21.4. The van der Waals surface area contributed by atoms with Crippen molar-refractivity contribution in [1.82, 2.24) is 9.55 Å². The van der Waals surface area contributed by atoms with Crippen molar-refractivity contribution in [2.45, 2.75) is 63.9 Å². The molecule has 0 saturated heterocycles. The molecule has 4 nitrogen and oxygen atoms in total. The van der Waals surface area contributed by atoms with E-state index in [1.165, 1.54) is 29.7 Å². The van der Waals surface area contributed by atoms with Gasteiger partial charge >= 0.3 is 0 Å². The Morgan fingerprint density at radius 3 is 2.77 bits per heavy atom. The monoisotopic (exact) mass is 442 g/mol. The van der Waals surface area contributed by atoms with Crippen molar-refractivity contribution in [3.63, 3.8) is 0 Å². The minimum Gasteiger partial charge on any atom is -0.497 e. The number of fused-ring (bicyclic) bond motifs is 3. The third kappa shape index (κ3) is 4.30. The highest BCUT2D eigenvalue weighted by Crippen LogP contribution is 2.37. The summed E-state index contributed by atoms with van der Waals surface area (Å²) in [5, 5.41) is 1.65. The van der Waals surface area contributed by atoms with Crippen LogP contribution in [0, 0.1) is 5.92 Å². The smallest absolute Gasteiger partial charge is 0.267 e. The Kier molecular flexibility index (Phi) is 6.84. The summed E-state index contributed by atoms with van der Waals surface area (Å²) in [6.07, 6.45) is 8.06. The number of hydrogen-bond acceptors (Lipinski definition) is 5. The molecule has 0 spiro atoms. The molecule has 1 aliphatic carbocycles. The number of rotatable bonds is 8. The lowest BCUT2D eigenvalue weighted by atomic mass is 9.89. The lowest BCUT2D eigenvalue weighted by Gasteiger charge is -2.18. The van der Waals surface area contributed by atoms with E-state index in [1.807, 2.05) is 28.8 Å². The van der Waals surface area contributed by atoms with Crippen LogP contribution in [0.3, 0.4) is 0 Å². The summed E-state index contributed by atoms with van der Waals surface area (Å²) >= 11 is 3.44. The standard InChI is InChI=1S/C24H30N2O2S2/c1-4-5-6-7-14-29-24-25-22-21(19-13-8-16(2)15-20(19)30-22)23(27)26(24)17-9-11-18(28-3)12-10-17/h9-12,16H,4-8,13-15H2,1-3H3/t16-/m0/s1. The minimum absolute atomic E-state index is 0.0771. The molecule has 6 heteroatoms. The van der Waals surface area contributed by atoms with Crippen LogP contribution in [-0.2, 0) is 12.8 Å². The second kappa shape index (κ2) is 9.56. The van der Waals surface area contributed by atoms with Gasteiger partial charge in [0, 0.05) is 10.6 Å². The number of ether oxygens (including phenoxy) is 1. The van der Waals surface area contributed by atoms with E-state index in [1.54, 1.807) is 30.2 Å². The fraction of sp³-hybridized carbons (Fsp3) is 0.500. The molecule has 1 atom stereocenters. The summed E-state index contributed by atoms with van der Waals surface area (Å²) in [6.45, 7) is 4.53. The van der Waals surface area contributed by atoms with Gasteiger partial charge in [-0.3, -0.25) is 9.36 Å². The summed E-state index contributed by atoms with van der Waals surface area (Å²) < 4.78 is 7.12. The number of benzene rings is 1. The topological polar surface area (TPSA) is 44.1 Å². The van der Waals surface area contributed by atoms with Crippen molar-refractivity contribution in [2.24, 2.45) is 5.92 Å². The molecule has 0 bridgehead atoms. The van der Waals surface area contributed by atoms with Gasteiger partial charge in [-0.05, 0) is 61.4 Å². The van der Waals surface area contributed by atoms with Crippen LogP contribution < -0.4 is 10.3 Å². The van der Waals surface area contributed by atoms with Crippen LogP contribution in [0.4, 0.5) is 0 Å². The number of aryl methyl sites for hydroxylation is 1. The van der Waals surface area contributed by atoms with Gasteiger partial charge < -0.3 is 4.74 Å². The Labute approximate surface area is 186 Å². The number of nitrogens with zero attached hydrogens (tertiary/aromatic N) is 2. The molecule has 30 heavy (non-hydrogen) atoms. The molecule has 2 aromatic heterocycles. The van der Waals surface area contributed by atoms with E-state index < -0.39 is 0 Å². The van der Waals surface area contributed by atoms with Crippen molar-refractivity contribution in [3.8, 4) is 11.4 Å². The second-order valence-corrected chi connectivity index (χ2v) is 10.3. The molecule has 4 rings (SSSR count). The van der Waals surface area contributed by atoms with Crippen LogP contribution in [0.1, 0.15) is 56.4 Å². The second-order valence-electron chi connectivity index (χ2n) is 8.17. The Morgan fingerprint density at radius 2 is 2.03 bits per heavy atom. The number of thioether (sulfide) groups is 1. The zero-order valence-electron chi connectivity index (χ0n) is 18.1. The molecule has 1 aliphatic rings. The number of unbranched alkanes of at least 4 members (excludes halogenated alkanes) is 3. The van der Waals surface area contributed by atoms with Gasteiger partial charge in [-0.2, -0.15) is 0 Å². The Balaban J connectivity index is 1.79. The van der Waals surface area contributed by atoms with E-state index in [-0.39, 0.29) is 5.56 Å². The Hall–Kier alpha value is -1.79. The maximum Gasteiger partial charge on any atom is 0.267 e. The van der Waals surface area contributed by atoms with Crippen molar-refractivity contribution < 1.29 is 4.74 Å². The van der Waals surface area contributed by atoms with Crippen molar-refractivity contribution in [3.05, 3.63) is 45.1 Å². The van der Waals surface area contributed by atoms with Gasteiger partial charge in [0.1, 0.15) is 10.6 Å². The molecule has 0 radical (unpaired) electrons. The van der Waals surface area contributed by atoms with Crippen LogP contribution in [-0.4, -0.2) is 22.4 Å². The van der Waals surface area contributed by atoms with E-state index in [9.17, 15) is 4.79 Å². The molecular formula is C24H30N2O2S2. The van der Waals surface area contributed by atoms with E-state index in [2.05, 4.69) is 13.8 Å². The highest BCUT2D eigenvalue weighted by Gasteiger charge is 2.25. The van der Waals surface area contributed by atoms with Gasteiger partial charge in [-0.25, -0.2) is 4.98 Å². The lowest BCUT2D eigenvalue weighted by molar-refractivity contribution is 0.414. The van der Waals surface area contributed by atoms with Crippen LogP contribution in [0.5, 0.6) is 5.75 Å². The van der Waals surface area contributed by atoms with Crippen molar-refractivity contribution >= 4 is 33.3 Å². The first-order chi connectivity index (χ1) is 14.6. The number of methoxy groups -OCH3 is 1. The largest absolute Gasteiger partial charge is 0.497 e. The Morgan fingerprint density at radius 1 is 1.23 bits per heavy atom. The summed E-state index contributed by atoms with van der Waals surface area (Å²) in [7, 11) is 1.66. The normalized spacial score (nSPS) is 16.0. The number of aromatic nitrogens is 2. The quantitative estimate of drug-likeness (QED) is 0.235. The van der Waals surface area contributed by atoms with Crippen molar-refractivity contribution in [1.29, 1.82) is 0 Å². The van der Waals surface area contributed by atoms with Crippen LogP contribution >= 0.6 is 23.1 Å². The molecular weight excluding hydrogens is 412 g/mol. The molecule has 0 saturated carbocycles. The van der Waals surface area contributed by atoms with E-state index in [4.69, 9.17) is 9.72 Å². The molecule has 2 heterocycles. The number of hydrogen-bond donors (Lipinski definition) is 0. The molecule has 160 valence electrons. The van der Waals surface area contributed by atoms with E-state index >= 15 is 0 Å². The zero-order chi connectivity index (χ0) is 21.1. The molecule has 3 aromatic rings. The van der Waals surface area contributed by atoms with Gasteiger partial charge in [-0.15, -0.1) is 11.3 Å². The zero-order valence-corrected chi connectivity index (χ0v) is 19.7. The van der Waals surface area contributed by atoms with Gasteiger partial charge in [-0.1, -0.05) is 44.9 Å². The molecule has 0 amide bonds. The minimum atomic E-state index is 0.0771. The highest BCUT2D eigenvalue weighted by atomic mass is 32.2. The van der Waals surface area contributed by atoms with Crippen LogP contribution in [0.25, 0.3) is 15.9 Å². The predicted octanol–water partition coefficient (Wildman–Crippen LogP) is 6.25. The first-order valence-corrected chi connectivity index (χ1v) is 12.8. The maximum absolute atomic E-state index is 13.7. The Bertz CT molecular complexity index is 1070. The molecule has 0 aliphatic heterocycles. The van der Waals surface area contributed by atoms with Gasteiger partial charge in [0.15, 0.2) is 5.16 Å². The maximum atomic E-state index is 13.7. The van der Waals surface area contributed by atoms with Crippen molar-refractivity contribution in [2.75, 3.05) is 12.9 Å². The SMILES string of the molecule is CCCCCCSc1nc2sc3c(c2c(=O)n1-c1ccc(OC)cc1)CC[C@H](C)C3. The van der Waals surface area contributed by atoms with E-state index in [0.717, 1.165) is 58.2 Å². The lowest BCUT2D eigenvalue weighted by Crippen LogP contribution is -2.22. The molecule has 0 unspecified atom stereocenters. The third-order valence-corrected chi connectivity index (χ3v) is 8.03. The van der Waals surface area contributed by atoms with Gasteiger partial charge in [0.05, 0.1) is 18.2 Å². The average Bonchev–Trinajstić information content (AvgIpc) is 3.11.